The van der Waals surface area contributed by atoms with Crippen LogP contribution in [0.25, 0.3) is 0 Å². The third-order valence-corrected chi connectivity index (χ3v) is 5.52. The van der Waals surface area contributed by atoms with E-state index in [-0.39, 0.29) is 6.61 Å². The maximum atomic E-state index is 12.0. The largest absolute Gasteiger partial charge is 0.471 e. The van der Waals surface area contributed by atoms with E-state index < -0.39 is 66.8 Å². The summed E-state index contributed by atoms with van der Waals surface area (Å²) in [5.41, 5.74) is 1.73. The van der Waals surface area contributed by atoms with Gasteiger partial charge in [0.05, 0.1) is 25.4 Å². The Morgan fingerprint density at radius 2 is 1.58 bits per heavy atom. The summed E-state index contributed by atoms with van der Waals surface area (Å²) in [6, 6.07) is 0. The zero-order valence-electron chi connectivity index (χ0n) is 20.5. The SMILES string of the molecule is C=C[C@@H]1C2=CCOCC2=CO[C@H]1O[C@@H]1O[C@H](COC(C)=O)[C@@H](OC(C)=O)[C@H](OC(C)=O)[C@H]1OC(C)=O. The Morgan fingerprint density at radius 3 is 2.19 bits per heavy atom. The maximum absolute atomic E-state index is 12.0. The minimum Gasteiger partial charge on any atom is -0.471 e. The minimum absolute atomic E-state index is 0.360. The molecule has 1 saturated heterocycles. The highest BCUT2D eigenvalue weighted by Crippen LogP contribution is 2.37. The van der Waals surface area contributed by atoms with Gasteiger partial charge in [0.1, 0.15) is 12.7 Å². The molecule has 0 saturated carbocycles. The van der Waals surface area contributed by atoms with Crippen LogP contribution in [0.1, 0.15) is 27.7 Å². The molecular weight excluding hydrogens is 480 g/mol. The molecule has 12 heteroatoms. The summed E-state index contributed by atoms with van der Waals surface area (Å²) in [5, 5.41) is 0. The van der Waals surface area contributed by atoms with Crippen molar-refractivity contribution in [1.29, 1.82) is 0 Å². The predicted octanol–water partition coefficient (Wildman–Crippen LogP) is 1.09. The van der Waals surface area contributed by atoms with Crippen LogP contribution in [0.15, 0.2) is 36.1 Å². The third-order valence-electron chi connectivity index (χ3n) is 5.52. The number of carbonyl (C=O) groups is 4. The summed E-state index contributed by atoms with van der Waals surface area (Å²) in [7, 11) is 0. The molecule has 0 bridgehead atoms. The first kappa shape index (κ1) is 27.4. The van der Waals surface area contributed by atoms with Crippen LogP contribution in [-0.2, 0) is 57.1 Å². The first-order valence-corrected chi connectivity index (χ1v) is 11.3. The molecule has 198 valence electrons. The van der Waals surface area contributed by atoms with E-state index in [9.17, 15) is 19.2 Å². The molecule has 0 aliphatic carbocycles. The van der Waals surface area contributed by atoms with E-state index in [2.05, 4.69) is 6.58 Å². The van der Waals surface area contributed by atoms with Crippen molar-refractivity contribution in [2.75, 3.05) is 19.8 Å². The molecule has 3 heterocycles. The maximum Gasteiger partial charge on any atom is 0.303 e. The summed E-state index contributed by atoms with van der Waals surface area (Å²) in [6.07, 6.45) is -2.40. The van der Waals surface area contributed by atoms with Gasteiger partial charge in [0.25, 0.3) is 0 Å². The van der Waals surface area contributed by atoms with Gasteiger partial charge < -0.3 is 37.9 Å². The van der Waals surface area contributed by atoms with Crippen LogP contribution in [-0.4, -0.2) is 80.7 Å². The third kappa shape index (κ3) is 6.71. The summed E-state index contributed by atoms with van der Waals surface area (Å²) in [5.74, 6) is -3.23. The van der Waals surface area contributed by atoms with Gasteiger partial charge in [-0.25, -0.2) is 0 Å². The molecule has 0 unspecified atom stereocenters. The topological polar surface area (TPSA) is 142 Å². The van der Waals surface area contributed by atoms with E-state index in [1.165, 1.54) is 13.2 Å². The smallest absolute Gasteiger partial charge is 0.303 e. The quantitative estimate of drug-likeness (QED) is 0.262. The molecule has 36 heavy (non-hydrogen) atoms. The second-order valence-corrected chi connectivity index (χ2v) is 8.29. The first-order chi connectivity index (χ1) is 17.1. The van der Waals surface area contributed by atoms with Crippen molar-refractivity contribution in [3.63, 3.8) is 0 Å². The molecule has 0 aromatic heterocycles. The number of ether oxygens (including phenoxy) is 8. The molecule has 0 spiro atoms. The Bertz CT molecular complexity index is 937. The van der Waals surface area contributed by atoms with Gasteiger partial charge in [-0.15, -0.1) is 6.58 Å². The molecule has 0 N–H and O–H groups in total. The van der Waals surface area contributed by atoms with Crippen LogP contribution >= 0.6 is 0 Å². The van der Waals surface area contributed by atoms with Crippen LogP contribution in [0.2, 0.25) is 0 Å². The van der Waals surface area contributed by atoms with Crippen LogP contribution in [0, 0.1) is 5.92 Å². The average molecular weight is 510 g/mol. The lowest BCUT2D eigenvalue weighted by Gasteiger charge is -2.45. The summed E-state index contributed by atoms with van der Waals surface area (Å²) in [4.78, 5) is 47.3. The molecule has 3 aliphatic heterocycles. The van der Waals surface area contributed by atoms with Crippen LogP contribution in [0.4, 0.5) is 0 Å². The summed E-state index contributed by atoms with van der Waals surface area (Å²) < 4.78 is 44.6. The molecule has 0 amide bonds. The Hall–Kier alpha value is -3.22. The van der Waals surface area contributed by atoms with E-state index in [1.807, 2.05) is 6.08 Å². The standard InChI is InChI=1S/C24H30O12/c1-6-17-18-7-8-29-9-16(18)10-31-23(17)36-24-22(34-15(5)28)21(33-14(4)27)20(32-13(3)26)19(35-24)11-30-12(2)25/h6-7,10,17,19-24H,1,8-9,11H2,2-5H3/t17-,19-,20-,21+,22-,23+,24+/m1/s1. The Morgan fingerprint density at radius 1 is 0.944 bits per heavy atom. The fourth-order valence-corrected chi connectivity index (χ4v) is 4.15. The average Bonchev–Trinajstić information content (AvgIpc) is 2.80. The molecule has 0 aromatic rings. The molecule has 3 aliphatic rings. The van der Waals surface area contributed by atoms with Gasteiger partial charge in [0.2, 0.25) is 12.6 Å². The molecule has 0 radical (unpaired) electrons. The summed E-state index contributed by atoms with van der Waals surface area (Å²) >= 11 is 0. The lowest BCUT2D eigenvalue weighted by Crippen LogP contribution is -2.63. The van der Waals surface area contributed by atoms with Crippen molar-refractivity contribution in [2.24, 2.45) is 5.92 Å². The first-order valence-electron chi connectivity index (χ1n) is 11.3. The monoisotopic (exact) mass is 510 g/mol. The number of carbonyl (C=O) groups excluding carboxylic acids is 4. The Kier molecular flexibility index (Phi) is 9.24. The number of hydrogen-bond acceptors (Lipinski definition) is 12. The van der Waals surface area contributed by atoms with Gasteiger partial charge in [0.15, 0.2) is 18.3 Å². The molecular formula is C24H30O12. The van der Waals surface area contributed by atoms with E-state index in [0.717, 1.165) is 31.9 Å². The number of hydrogen-bond donors (Lipinski definition) is 0. The van der Waals surface area contributed by atoms with Crippen molar-refractivity contribution in [1.82, 2.24) is 0 Å². The molecule has 7 atom stereocenters. The zero-order chi connectivity index (χ0) is 26.4. The fraction of sp³-hybridized carbons (Fsp3) is 0.583. The van der Waals surface area contributed by atoms with Crippen LogP contribution in [0.5, 0.6) is 0 Å². The van der Waals surface area contributed by atoms with Crippen molar-refractivity contribution < 1.29 is 57.1 Å². The number of esters is 4. The van der Waals surface area contributed by atoms with Gasteiger partial charge in [-0.05, 0) is 5.57 Å². The van der Waals surface area contributed by atoms with Crippen LogP contribution < -0.4 is 0 Å². The normalized spacial score (nSPS) is 31.4. The van der Waals surface area contributed by atoms with Crippen molar-refractivity contribution >= 4 is 23.9 Å². The predicted molar refractivity (Wildman–Crippen MR) is 119 cm³/mol. The van der Waals surface area contributed by atoms with Gasteiger partial charge >= 0.3 is 23.9 Å². The minimum atomic E-state index is -1.37. The molecule has 12 nitrogen and oxygen atoms in total. The molecule has 3 rings (SSSR count). The van der Waals surface area contributed by atoms with E-state index in [4.69, 9.17) is 37.9 Å². The van der Waals surface area contributed by atoms with Gasteiger partial charge in [-0.1, -0.05) is 12.2 Å². The lowest BCUT2D eigenvalue weighted by atomic mass is 9.89. The second-order valence-electron chi connectivity index (χ2n) is 8.29. The van der Waals surface area contributed by atoms with Crippen molar-refractivity contribution in [3.8, 4) is 0 Å². The van der Waals surface area contributed by atoms with E-state index in [0.29, 0.717) is 13.2 Å². The van der Waals surface area contributed by atoms with E-state index >= 15 is 0 Å². The van der Waals surface area contributed by atoms with Gasteiger partial charge in [-0.2, -0.15) is 0 Å². The van der Waals surface area contributed by atoms with Crippen molar-refractivity contribution in [3.05, 3.63) is 36.1 Å². The zero-order valence-corrected chi connectivity index (χ0v) is 20.5. The summed E-state index contributed by atoms with van der Waals surface area (Å²) in [6.45, 7) is 8.91. The van der Waals surface area contributed by atoms with Crippen molar-refractivity contribution in [2.45, 2.75) is 64.7 Å². The lowest BCUT2D eigenvalue weighted by molar-refractivity contribution is -0.339. The van der Waals surface area contributed by atoms with Gasteiger partial charge in [0, 0.05) is 33.3 Å². The molecule has 0 aromatic carbocycles. The Labute approximate surface area is 208 Å². The molecule has 1 fully saturated rings. The highest BCUT2D eigenvalue weighted by atomic mass is 16.8. The number of rotatable bonds is 8. The van der Waals surface area contributed by atoms with Gasteiger partial charge in [-0.3, -0.25) is 19.2 Å². The highest BCUT2D eigenvalue weighted by Gasteiger charge is 2.54. The highest BCUT2D eigenvalue weighted by molar-refractivity contribution is 5.68. The van der Waals surface area contributed by atoms with E-state index in [1.54, 1.807) is 6.08 Å². The van der Waals surface area contributed by atoms with Crippen LogP contribution in [0.3, 0.4) is 0 Å². The second kappa shape index (κ2) is 12.2. The number of fused-ring (bicyclic) bond motifs is 1. The Balaban J connectivity index is 1.96. The fourth-order valence-electron chi connectivity index (χ4n) is 4.15.